The van der Waals surface area contributed by atoms with Crippen molar-refractivity contribution in [1.82, 2.24) is 0 Å². The summed E-state index contributed by atoms with van der Waals surface area (Å²) >= 11 is 0. The smallest absolute Gasteiger partial charge is 0.330 e. The molecular formula is C21H24O8. The summed E-state index contributed by atoms with van der Waals surface area (Å²) in [5, 5.41) is 19.8. The highest BCUT2D eigenvalue weighted by Crippen LogP contribution is 2.38. The number of phenols is 2. The van der Waals surface area contributed by atoms with Crippen molar-refractivity contribution in [3.63, 3.8) is 0 Å². The number of ether oxygens (including phenoxy) is 5. The number of phenolic OH excluding ortho intramolecular Hbond substituents is 2. The summed E-state index contributed by atoms with van der Waals surface area (Å²) in [7, 11) is 5.72. The Labute approximate surface area is 168 Å². The average molecular weight is 404 g/mol. The molecule has 0 fully saturated rings. The second-order valence-electron chi connectivity index (χ2n) is 5.87. The molecule has 0 saturated heterocycles. The van der Waals surface area contributed by atoms with Crippen LogP contribution >= 0.6 is 0 Å². The Kier molecular flexibility index (Phi) is 7.59. The monoisotopic (exact) mass is 404 g/mol. The largest absolute Gasteiger partial charge is 0.502 e. The molecule has 0 saturated carbocycles. The molecule has 156 valence electrons. The van der Waals surface area contributed by atoms with E-state index in [-0.39, 0.29) is 41.1 Å². The maximum atomic E-state index is 12.0. The number of carbonyl (C=O) groups is 1. The van der Waals surface area contributed by atoms with Gasteiger partial charge in [0, 0.05) is 12.5 Å². The van der Waals surface area contributed by atoms with E-state index in [1.165, 1.54) is 40.6 Å². The van der Waals surface area contributed by atoms with Crippen LogP contribution in [0.5, 0.6) is 34.5 Å². The summed E-state index contributed by atoms with van der Waals surface area (Å²) in [6.45, 7) is 0.127. The highest BCUT2D eigenvalue weighted by molar-refractivity contribution is 5.87. The maximum Gasteiger partial charge on any atom is 0.330 e. The van der Waals surface area contributed by atoms with E-state index in [1.807, 2.05) is 0 Å². The van der Waals surface area contributed by atoms with E-state index in [9.17, 15) is 15.0 Å². The predicted molar refractivity (Wildman–Crippen MR) is 106 cm³/mol. The Hall–Kier alpha value is -3.55. The Morgan fingerprint density at radius 2 is 1.28 bits per heavy atom. The number of carbonyl (C=O) groups excluding carboxylic acids is 1. The lowest BCUT2D eigenvalue weighted by Gasteiger charge is -2.11. The zero-order chi connectivity index (χ0) is 21.4. The Morgan fingerprint density at radius 3 is 1.72 bits per heavy atom. The summed E-state index contributed by atoms with van der Waals surface area (Å²) in [6, 6.07) is 6.43. The molecule has 0 amide bonds. The van der Waals surface area contributed by atoms with Crippen LogP contribution in [0.4, 0.5) is 0 Å². The van der Waals surface area contributed by atoms with Gasteiger partial charge in [-0.05, 0) is 41.5 Å². The van der Waals surface area contributed by atoms with Crippen LogP contribution < -0.4 is 18.9 Å². The molecule has 8 nitrogen and oxygen atoms in total. The van der Waals surface area contributed by atoms with Crippen molar-refractivity contribution in [1.29, 1.82) is 0 Å². The highest BCUT2D eigenvalue weighted by atomic mass is 16.5. The van der Waals surface area contributed by atoms with Gasteiger partial charge in [-0.2, -0.15) is 0 Å². The minimum absolute atomic E-state index is 0.0848. The molecule has 0 aliphatic heterocycles. The van der Waals surface area contributed by atoms with Gasteiger partial charge in [-0.25, -0.2) is 4.79 Å². The number of hydrogen-bond acceptors (Lipinski definition) is 8. The van der Waals surface area contributed by atoms with Crippen LogP contribution in [0.3, 0.4) is 0 Å². The maximum absolute atomic E-state index is 12.0. The molecule has 8 heteroatoms. The van der Waals surface area contributed by atoms with Crippen LogP contribution in [0.15, 0.2) is 30.3 Å². The van der Waals surface area contributed by atoms with Gasteiger partial charge >= 0.3 is 5.97 Å². The van der Waals surface area contributed by atoms with E-state index in [1.54, 1.807) is 24.3 Å². The average Bonchev–Trinajstić information content (AvgIpc) is 2.73. The molecule has 2 N–H and O–H groups in total. The molecular weight excluding hydrogens is 380 g/mol. The lowest BCUT2D eigenvalue weighted by molar-refractivity contribution is -0.137. The number of aromatic hydroxyl groups is 2. The predicted octanol–water partition coefficient (Wildman–Crippen LogP) is 2.93. The van der Waals surface area contributed by atoms with Gasteiger partial charge in [-0.3, -0.25) is 0 Å². The van der Waals surface area contributed by atoms with Gasteiger partial charge < -0.3 is 33.9 Å². The first kappa shape index (κ1) is 21.7. The topological polar surface area (TPSA) is 104 Å². The number of esters is 1. The van der Waals surface area contributed by atoms with Crippen LogP contribution in [-0.2, 0) is 16.0 Å². The van der Waals surface area contributed by atoms with Gasteiger partial charge in [0.2, 0.25) is 11.5 Å². The van der Waals surface area contributed by atoms with Crippen molar-refractivity contribution in [3.05, 3.63) is 41.5 Å². The second kappa shape index (κ2) is 10.1. The molecule has 0 aliphatic carbocycles. The van der Waals surface area contributed by atoms with E-state index in [0.717, 1.165) is 5.56 Å². The van der Waals surface area contributed by atoms with Crippen LogP contribution in [-0.4, -0.2) is 51.2 Å². The Bertz CT molecular complexity index is 838. The molecule has 0 spiro atoms. The van der Waals surface area contributed by atoms with Gasteiger partial charge in [-0.15, -0.1) is 0 Å². The minimum atomic E-state index is -0.534. The van der Waals surface area contributed by atoms with Gasteiger partial charge in [0.1, 0.15) is 0 Å². The first-order valence-corrected chi connectivity index (χ1v) is 8.67. The molecule has 2 aromatic carbocycles. The molecule has 0 unspecified atom stereocenters. The van der Waals surface area contributed by atoms with Crippen LogP contribution in [0.25, 0.3) is 6.08 Å². The van der Waals surface area contributed by atoms with Crippen molar-refractivity contribution >= 4 is 12.0 Å². The van der Waals surface area contributed by atoms with E-state index < -0.39 is 5.97 Å². The molecule has 29 heavy (non-hydrogen) atoms. The molecule has 0 heterocycles. The summed E-state index contributed by atoms with van der Waals surface area (Å²) in [5.74, 6) is 0.281. The van der Waals surface area contributed by atoms with Crippen LogP contribution in [0, 0.1) is 0 Å². The summed E-state index contributed by atoms with van der Waals surface area (Å²) < 4.78 is 25.6. The van der Waals surface area contributed by atoms with Crippen molar-refractivity contribution < 1.29 is 38.7 Å². The van der Waals surface area contributed by atoms with E-state index in [0.29, 0.717) is 12.0 Å². The molecule has 0 atom stereocenters. The van der Waals surface area contributed by atoms with Gasteiger partial charge in [0.15, 0.2) is 23.0 Å². The number of hydrogen-bond donors (Lipinski definition) is 2. The van der Waals surface area contributed by atoms with Crippen LogP contribution in [0.2, 0.25) is 0 Å². The van der Waals surface area contributed by atoms with Gasteiger partial charge in [-0.1, -0.05) is 0 Å². The molecule has 2 aromatic rings. The third-order valence-electron chi connectivity index (χ3n) is 4.09. The number of rotatable bonds is 9. The summed E-state index contributed by atoms with van der Waals surface area (Å²) in [6.07, 6.45) is 3.20. The molecule has 0 bridgehead atoms. The minimum Gasteiger partial charge on any atom is -0.502 e. The quantitative estimate of drug-likeness (QED) is 0.486. The SMILES string of the molecule is COc1cc(/C=C/C(=O)OCCc2cc(OC)c(O)c(OC)c2)cc(OC)c1O. The Balaban J connectivity index is 1.99. The first-order chi connectivity index (χ1) is 13.9. The summed E-state index contributed by atoms with van der Waals surface area (Å²) in [4.78, 5) is 12.0. The van der Waals surface area contributed by atoms with Gasteiger partial charge in [0.25, 0.3) is 0 Å². The fourth-order valence-electron chi connectivity index (χ4n) is 2.58. The van der Waals surface area contributed by atoms with Crippen molar-refractivity contribution in [2.24, 2.45) is 0 Å². The zero-order valence-corrected chi connectivity index (χ0v) is 16.7. The van der Waals surface area contributed by atoms with Crippen molar-refractivity contribution in [2.75, 3.05) is 35.0 Å². The van der Waals surface area contributed by atoms with Gasteiger partial charge in [0.05, 0.1) is 35.0 Å². The van der Waals surface area contributed by atoms with E-state index in [4.69, 9.17) is 23.7 Å². The molecule has 0 radical (unpaired) electrons. The lowest BCUT2D eigenvalue weighted by Crippen LogP contribution is -2.05. The third-order valence-corrected chi connectivity index (χ3v) is 4.09. The molecule has 0 aliphatic rings. The highest BCUT2D eigenvalue weighted by Gasteiger charge is 2.12. The molecule has 0 aromatic heterocycles. The molecule has 2 rings (SSSR count). The van der Waals surface area contributed by atoms with Crippen LogP contribution in [0.1, 0.15) is 11.1 Å². The third kappa shape index (κ3) is 5.47. The fourth-order valence-corrected chi connectivity index (χ4v) is 2.58. The fraction of sp³-hybridized carbons (Fsp3) is 0.286. The standard InChI is InChI=1S/C21H24O8/c1-25-15-9-13(10-16(26-2)20(15)23)5-6-19(22)29-8-7-14-11-17(27-3)21(24)18(12-14)28-4/h5-6,9-12,23-24H,7-8H2,1-4H3/b6-5+. The number of benzene rings is 2. The van der Waals surface area contributed by atoms with Crippen molar-refractivity contribution in [2.45, 2.75) is 6.42 Å². The Morgan fingerprint density at radius 1 is 0.828 bits per heavy atom. The van der Waals surface area contributed by atoms with E-state index >= 15 is 0 Å². The lowest BCUT2D eigenvalue weighted by atomic mass is 10.1. The second-order valence-corrected chi connectivity index (χ2v) is 5.87. The number of methoxy groups -OCH3 is 4. The summed E-state index contributed by atoms with van der Waals surface area (Å²) in [5.41, 5.74) is 1.38. The van der Waals surface area contributed by atoms with Crippen molar-refractivity contribution in [3.8, 4) is 34.5 Å². The van der Waals surface area contributed by atoms with E-state index in [2.05, 4.69) is 0 Å². The zero-order valence-electron chi connectivity index (χ0n) is 16.7. The first-order valence-electron chi connectivity index (χ1n) is 8.67. The normalized spacial score (nSPS) is 10.6.